The van der Waals surface area contributed by atoms with Crippen LogP contribution in [0.5, 0.6) is 0 Å². The highest BCUT2D eigenvalue weighted by atomic mass is 15.0. The number of aromatic nitrogens is 4. The molecule has 0 aliphatic carbocycles. The summed E-state index contributed by atoms with van der Waals surface area (Å²) in [5, 5.41) is 4.70. The molecule has 9 aromatic carbocycles. The summed E-state index contributed by atoms with van der Waals surface area (Å²) in [5.74, 6) is 1.85. The van der Waals surface area contributed by atoms with E-state index in [4.69, 9.17) is 15.0 Å². The van der Waals surface area contributed by atoms with Gasteiger partial charge in [-0.1, -0.05) is 182 Å². The fraction of sp³-hybridized carbons (Fsp3) is 0. The summed E-state index contributed by atoms with van der Waals surface area (Å²) in [7, 11) is 0. The van der Waals surface area contributed by atoms with Gasteiger partial charge in [-0.3, -0.25) is 0 Å². The topological polar surface area (TPSA) is 43.6 Å². The van der Waals surface area contributed by atoms with Crippen molar-refractivity contribution in [3.05, 3.63) is 218 Å². The van der Waals surface area contributed by atoms with Crippen LogP contribution in [0.15, 0.2) is 218 Å². The molecule has 11 rings (SSSR count). The maximum atomic E-state index is 5.27. The monoisotopic (exact) mass is 752 g/mol. The fourth-order valence-electron chi connectivity index (χ4n) is 8.33. The van der Waals surface area contributed by atoms with Crippen molar-refractivity contribution in [2.45, 2.75) is 0 Å². The van der Waals surface area contributed by atoms with Crippen LogP contribution < -0.4 is 0 Å². The lowest BCUT2D eigenvalue weighted by atomic mass is 9.99. The van der Waals surface area contributed by atoms with Crippen LogP contribution in [0.1, 0.15) is 0 Å². The molecule has 0 atom stereocenters. The Morgan fingerprint density at radius 1 is 0.271 bits per heavy atom. The van der Waals surface area contributed by atoms with Crippen molar-refractivity contribution in [2.75, 3.05) is 0 Å². The summed E-state index contributed by atoms with van der Waals surface area (Å²) in [4.78, 5) is 15.7. The third kappa shape index (κ3) is 6.34. The lowest BCUT2D eigenvalue weighted by Crippen LogP contribution is -2.02. The second kappa shape index (κ2) is 14.5. The van der Waals surface area contributed by atoms with Gasteiger partial charge in [0.15, 0.2) is 17.5 Å². The molecule has 0 N–H and O–H groups in total. The minimum atomic E-state index is 0.608. The van der Waals surface area contributed by atoms with E-state index < -0.39 is 0 Å². The van der Waals surface area contributed by atoms with Gasteiger partial charge in [-0.25, -0.2) is 15.0 Å². The molecular weight excluding hydrogens is 717 g/mol. The van der Waals surface area contributed by atoms with Gasteiger partial charge in [-0.15, -0.1) is 0 Å². The number of fused-ring (bicyclic) bond motifs is 4. The van der Waals surface area contributed by atoms with Crippen molar-refractivity contribution in [2.24, 2.45) is 0 Å². The molecular formula is C55H36N4. The molecule has 0 bridgehead atoms. The molecule has 2 aromatic heterocycles. The lowest BCUT2D eigenvalue weighted by Gasteiger charge is -2.16. The minimum Gasteiger partial charge on any atom is -0.309 e. The van der Waals surface area contributed by atoms with E-state index in [1.165, 1.54) is 21.9 Å². The van der Waals surface area contributed by atoms with Gasteiger partial charge in [-0.2, -0.15) is 0 Å². The fourth-order valence-corrected chi connectivity index (χ4v) is 8.33. The number of benzene rings is 9. The molecule has 0 saturated carbocycles. The Labute approximate surface area is 342 Å². The highest BCUT2D eigenvalue weighted by molar-refractivity contribution is 6.10. The van der Waals surface area contributed by atoms with E-state index in [0.29, 0.717) is 17.5 Å². The average Bonchev–Trinajstić information content (AvgIpc) is 3.66. The van der Waals surface area contributed by atoms with Crippen LogP contribution in [0.2, 0.25) is 0 Å². The first-order valence-electron chi connectivity index (χ1n) is 19.9. The van der Waals surface area contributed by atoms with Crippen LogP contribution in [-0.2, 0) is 0 Å². The van der Waals surface area contributed by atoms with Crippen molar-refractivity contribution in [1.82, 2.24) is 19.5 Å². The van der Waals surface area contributed by atoms with Crippen molar-refractivity contribution in [1.29, 1.82) is 0 Å². The molecule has 4 nitrogen and oxygen atoms in total. The van der Waals surface area contributed by atoms with Gasteiger partial charge in [0, 0.05) is 33.0 Å². The first-order chi connectivity index (χ1) is 29.2. The van der Waals surface area contributed by atoms with Gasteiger partial charge in [0.2, 0.25) is 0 Å². The minimum absolute atomic E-state index is 0.608. The van der Waals surface area contributed by atoms with Crippen LogP contribution >= 0.6 is 0 Å². The molecule has 2 heterocycles. The van der Waals surface area contributed by atoms with Crippen molar-refractivity contribution < 1.29 is 0 Å². The smallest absolute Gasteiger partial charge is 0.164 e. The zero-order valence-electron chi connectivity index (χ0n) is 32.1. The maximum Gasteiger partial charge on any atom is 0.164 e. The third-order valence-corrected chi connectivity index (χ3v) is 11.2. The zero-order chi connectivity index (χ0) is 39.1. The normalized spacial score (nSPS) is 11.4. The molecule has 0 saturated heterocycles. The highest BCUT2D eigenvalue weighted by Crippen LogP contribution is 2.39. The number of hydrogen-bond acceptors (Lipinski definition) is 3. The van der Waals surface area contributed by atoms with Gasteiger partial charge < -0.3 is 4.57 Å². The Kier molecular flexibility index (Phi) is 8.45. The van der Waals surface area contributed by atoms with E-state index in [1.54, 1.807) is 0 Å². The van der Waals surface area contributed by atoms with Crippen molar-refractivity contribution in [3.8, 4) is 73.2 Å². The molecule has 0 radical (unpaired) electrons. The first kappa shape index (κ1) is 34.3. The van der Waals surface area contributed by atoms with E-state index in [9.17, 15) is 0 Å². The Morgan fingerprint density at radius 2 is 0.678 bits per heavy atom. The summed E-state index contributed by atoms with van der Waals surface area (Å²) in [5.41, 5.74) is 13.0. The molecule has 0 spiro atoms. The summed E-state index contributed by atoms with van der Waals surface area (Å²) >= 11 is 0. The van der Waals surface area contributed by atoms with Crippen LogP contribution in [0.4, 0.5) is 0 Å². The predicted molar refractivity (Wildman–Crippen MR) is 244 cm³/mol. The molecule has 0 unspecified atom stereocenters. The molecule has 4 heteroatoms. The molecule has 276 valence electrons. The van der Waals surface area contributed by atoms with E-state index in [2.05, 4.69) is 217 Å². The van der Waals surface area contributed by atoms with Crippen LogP contribution in [0, 0.1) is 0 Å². The summed E-state index contributed by atoms with van der Waals surface area (Å²) in [6.45, 7) is 0. The second-order valence-electron chi connectivity index (χ2n) is 14.9. The van der Waals surface area contributed by atoms with Crippen molar-refractivity contribution in [3.63, 3.8) is 0 Å². The van der Waals surface area contributed by atoms with Gasteiger partial charge in [0.25, 0.3) is 0 Å². The largest absolute Gasteiger partial charge is 0.309 e. The van der Waals surface area contributed by atoms with E-state index in [1.807, 2.05) is 6.07 Å². The van der Waals surface area contributed by atoms with E-state index in [0.717, 1.165) is 66.4 Å². The van der Waals surface area contributed by atoms with Gasteiger partial charge in [0.1, 0.15) is 0 Å². The van der Waals surface area contributed by atoms with Gasteiger partial charge >= 0.3 is 0 Å². The van der Waals surface area contributed by atoms with Crippen LogP contribution in [-0.4, -0.2) is 19.5 Å². The van der Waals surface area contributed by atoms with Gasteiger partial charge in [-0.05, 0) is 75.0 Å². The Bertz CT molecular complexity index is 3260. The van der Waals surface area contributed by atoms with E-state index >= 15 is 0 Å². The predicted octanol–water partition coefficient (Wildman–Crippen LogP) is 14.1. The Hall–Kier alpha value is -7.95. The third-order valence-electron chi connectivity index (χ3n) is 11.2. The van der Waals surface area contributed by atoms with Crippen LogP contribution in [0.25, 0.3) is 106 Å². The van der Waals surface area contributed by atoms with E-state index in [-0.39, 0.29) is 0 Å². The molecule has 0 aliphatic heterocycles. The quantitative estimate of drug-likeness (QED) is 0.163. The lowest BCUT2D eigenvalue weighted by molar-refractivity contribution is 1.07. The summed E-state index contributed by atoms with van der Waals surface area (Å²) in [6.07, 6.45) is 0. The average molecular weight is 753 g/mol. The SMILES string of the molecule is c1ccc(-c2cccc(-c3nc(-c4ccc(-c5ccccc5)c(-n5c6ccccc6c6ccccc65)c4)nc(-c4ccc5cc(-c6ccccc6)ccc5c4)n3)c2)cc1. The second-order valence-corrected chi connectivity index (χ2v) is 14.9. The standard InChI is InChI=1S/C55H36N4/c1-4-15-37(16-5-1)40-21-14-22-44(34-40)53-56-54(45-30-29-42-33-41(27-28-43(42)35-45)38-17-6-2-7-18-38)58-55(57-53)46-31-32-47(39-19-8-3-9-20-39)52(36-46)59-50-25-12-10-23-48(50)49-24-11-13-26-51(49)59/h1-36H. The van der Waals surface area contributed by atoms with Gasteiger partial charge in [0.05, 0.1) is 16.7 Å². The first-order valence-corrected chi connectivity index (χ1v) is 19.9. The molecule has 11 aromatic rings. The molecule has 0 amide bonds. The molecule has 59 heavy (non-hydrogen) atoms. The maximum absolute atomic E-state index is 5.27. The number of rotatable bonds is 7. The zero-order valence-corrected chi connectivity index (χ0v) is 32.1. The number of hydrogen-bond donors (Lipinski definition) is 0. The Balaban J connectivity index is 1.12. The highest BCUT2D eigenvalue weighted by Gasteiger charge is 2.19. The Morgan fingerprint density at radius 3 is 1.27 bits per heavy atom. The summed E-state index contributed by atoms with van der Waals surface area (Å²) in [6, 6.07) is 77.0. The number of nitrogens with zero attached hydrogens (tertiary/aromatic N) is 4. The number of para-hydroxylation sites is 2. The molecule has 0 aliphatic rings. The molecule has 0 fully saturated rings. The van der Waals surface area contributed by atoms with Crippen LogP contribution in [0.3, 0.4) is 0 Å². The summed E-state index contributed by atoms with van der Waals surface area (Å²) < 4.78 is 2.38. The van der Waals surface area contributed by atoms with Crippen molar-refractivity contribution >= 4 is 32.6 Å².